The summed E-state index contributed by atoms with van der Waals surface area (Å²) < 4.78 is 0. The highest BCUT2D eigenvalue weighted by molar-refractivity contribution is 7.13. The molecular weight excluding hydrogens is 266 g/mol. The molecule has 0 radical (unpaired) electrons. The van der Waals surface area contributed by atoms with E-state index in [-0.39, 0.29) is 0 Å². The van der Waals surface area contributed by atoms with Crippen LogP contribution in [0.25, 0.3) is 10.7 Å². The number of rotatable bonds is 7. The van der Waals surface area contributed by atoms with E-state index in [9.17, 15) is 0 Å². The van der Waals surface area contributed by atoms with Crippen molar-refractivity contribution in [2.75, 3.05) is 13.1 Å². The third kappa shape index (κ3) is 3.44. The lowest BCUT2D eigenvalue weighted by atomic mass is 10.0. The molecule has 0 aliphatic rings. The first-order valence-electron chi connectivity index (χ1n) is 7.43. The summed E-state index contributed by atoms with van der Waals surface area (Å²) in [4.78, 5) is 10.7. The minimum absolute atomic E-state index is 0.890. The third-order valence-corrected chi connectivity index (χ3v) is 4.26. The van der Waals surface area contributed by atoms with Crippen molar-refractivity contribution in [3.05, 3.63) is 34.5 Å². The van der Waals surface area contributed by atoms with Gasteiger partial charge in [0.2, 0.25) is 0 Å². The molecule has 0 unspecified atom stereocenters. The van der Waals surface area contributed by atoms with Crippen LogP contribution in [-0.2, 0) is 19.3 Å². The normalized spacial score (nSPS) is 10.9. The predicted octanol–water partition coefficient (Wildman–Crippen LogP) is 3.48. The van der Waals surface area contributed by atoms with Crippen LogP contribution in [0.1, 0.15) is 37.7 Å². The second kappa shape index (κ2) is 7.50. The molecule has 0 spiro atoms. The SMILES string of the molecule is CCNCCc1c(CC)nc(-c2cccs2)nc1CC. The maximum atomic E-state index is 4.79. The van der Waals surface area contributed by atoms with Crippen molar-refractivity contribution in [2.45, 2.75) is 40.0 Å². The first kappa shape index (κ1) is 15.1. The summed E-state index contributed by atoms with van der Waals surface area (Å²) in [6.07, 6.45) is 2.95. The molecule has 1 N–H and O–H groups in total. The molecule has 0 fully saturated rings. The van der Waals surface area contributed by atoms with Crippen molar-refractivity contribution in [1.29, 1.82) is 0 Å². The summed E-state index contributed by atoms with van der Waals surface area (Å²) >= 11 is 1.70. The average molecular weight is 289 g/mol. The third-order valence-electron chi connectivity index (χ3n) is 3.39. The molecule has 4 heteroatoms. The zero-order valence-electron chi connectivity index (χ0n) is 12.6. The van der Waals surface area contributed by atoms with Gasteiger partial charge in [0, 0.05) is 11.4 Å². The van der Waals surface area contributed by atoms with Crippen molar-refractivity contribution >= 4 is 11.3 Å². The van der Waals surface area contributed by atoms with Crippen molar-refractivity contribution in [1.82, 2.24) is 15.3 Å². The molecule has 0 aliphatic heterocycles. The standard InChI is InChI=1S/C16H23N3S/c1-4-13-12(9-10-17-6-3)14(5-2)19-16(18-13)15-8-7-11-20-15/h7-8,11,17H,4-6,9-10H2,1-3H3. The molecule has 108 valence electrons. The zero-order chi connectivity index (χ0) is 14.4. The van der Waals surface area contributed by atoms with Gasteiger partial charge in [-0.05, 0) is 49.4 Å². The largest absolute Gasteiger partial charge is 0.317 e. The van der Waals surface area contributed by atoms with Crippen molar-refractivity contribution in [2.24, 2.45) is 0 Å². The van der Waals surface area contributed by atoms with Crippen LogP contribution in [-0.4, -0.2) is 23.1 Å². The van der Waals surface area contributed by atoms with E-state index in [1.54, 1.807) is 11.3 Å². The Kier molecular flexibility index (Phi) is 5.68. The van der Waals surface area contributed by atoms with Gasteiger partial charge in [0.1, 0.15) is 0 Å². The monoisotopic (exact) mass is 289 g/mol. The number of thiophene rings is 1. The van der Waals surface area contributed by atoms with Crippen LogP contribution in [0.5, 0.6) is 0 Å². The quantitative estimate of drug-likeness (QED) is 0.793. The highest BCUT2D eigenvalue weighted by Gasteiger charge is 2.13. The van der Waals surface area contributed by atoms with Gasteiger partial charge in [-0.3, -0.25) is 0 Å². The molecule has 0 saturated carbocycles. The van der Waals surface area contributed by atoms with Gasteiger partial charge in [0.15, 0.2) is 5.82 Å². The highest BCUT2D eigenvalue weighted by Crippen LogP contribution is 2.24. The van der Waals surface area contributed by atoms with Gasteiger partial charge in [-0.25, -0.2) is 9.97 Å². The average Bonchev–Trinajstić information content (AvgIpc) is 3.01. The van der Waals surface area contributed by atoms with Crippen LogP contribution in [0.4, 0.5) is 0 Å². The van der Waals surface area contributed by atoms with Crippen LogP contribution in [0.2, 0.25) is 0 Å². The molecule has 3 nitrogen and oxygen atoms in total. The summed E-state index contributed by atoms with van der Waals surface area (Å²) in [6.45, 7) is 8.50. The lowest BCUT2D eigenvalue weighted by molar-refractivity contribution is 0.702. The Labute approximate surface area is 125 Å². The molecule has 0 bridgehead atoms. The molecule has 0 amide bonds. The minimum atomic E-state index is 0.890. The van der Waals surface area contributed by atoms with E-state index in [0.29, 0.717) is 0 Å². The summed E-state index contributed by atoms with van der Waals surface area (Å²) in [7, 11) is 0. The van der Waals surface area contributed by atoms with Crippen LogP contribution >= 0.6 is 11.3 Å². The van der Waals surface area contributed by atoms with Crippen molar-refractivity contribution in [3.63, 3.8) is 0 Å². The maximum Gasteiger partial charge on any atom is 0.169 e. The Morgan fingerprint density at radius 1 is 1.10 bits per heavy atom. The van der Waals surface area contributed by atoms with Gasteiger partial charge in [0.05, 0.1) is 4.88 Å². The van der Waals surface area contributed by atoms with Crippen LogP contribution in [0.15, 0.2) is 17.5 Å². The molecule has 0 aliphatic carbocycles. The van der Waals surface area contributed by atoms with Gasteiger partial charge < -0.3 is 5.32 Å². The maximum absolute atomic E-state index is 4.79. The lowest BCUT2D eigenvalue weighted by Gasteiger charge is -2.13. The number of aryl methyl sites for hydroxylation is 2. The molecule has 0 aromatic carbocycles. The number of nitrogens with one attached hydrogen (secondary N) is 1. The summed E-state index contributed by atoms with van der Waals surface area (Å²) in [5.74, 6) is 0.890. The predicted molar refractivity (Wildman–Crippen MR) is 86.3 cm³/mol. The van der Waals surface area contributed by atoms with E-state index in [1.807, 2.05) is 0 Å². The Bertz CT molecular complexity index is 510. The van der Waals surface area contributed by atoms with Gasteiger partial charge in [0.25, 0.3) is 0 Å². The number of aromatic nitrogens is 2. The Morgan fingerprint density at radius 2 is 1.80 bits per heavy atom. The second-order valence-electron chi connectivity index (χ2n) is 4.71. The fraction of sp³-hybridized carbons (Fsp3) is 0.500. The van der Waals surface area contributed by atoms with E-state index in [4.69, 9.17) is 9.97 Å². The molecule has 2 aromatic rings. The smallest absolute Gasteiger partial charge is 0.169 e. The van der Waals surface area contributed by atoms with Crippen LogP contribution < -0.4 is 5.32 Å². The summed E-state index contributed by atoms with van der Waals surface area (Å²) in [5, 5.41) is 5.47. The van der Waals surface area contributed by atoms with E-state index >= 15 is 0 Å². The van der Waals surface area contributed by atoms with Crippen LogP contribution in [0, 0.1) is 0 Å². The van der Waals surface area contributed by atoms with Gasteiger partial charge >= 0.3 is 0 Å². The lowest BCUT2D eigenvalue weighted by Crippen LogP contribution is -2.18. The number of hydrogen-bond acceptors (Lipinski definition) is 4. The van der Waals surface area contributed by atoms with E-state index in [2.05, 4.69) is 43.6 Å². The number of likely N-dealkylation sites (N-methyl/N-ethyl adjacent to an activating group) is 1. The number of hydrogen-bond donors (Lipinski definition) is 1. The minimum Gasteiger partial charge on any atom is -0.317 e. The van der Waals surface area contributed by atoms with E-state index in [0.717, 1.165) is 43.1 Å². The van der Waals surface area contributed by atoms with Crippen molar-refractivity contribution in [3.8, 4) is 10.7 Å². The summed E-state index contributed by atoms with van der Waals surface area (Å²) in [5.41, 5.74) is 3.76. The fourth-order valence-corrected chi connectivity index (χ4v) is 3.02. The molecule has 0 saturated heterocycles. The molecule has 0 atom stereocenters. The van der Waals surface area contributed by atoms with E-state index in [1.165, 1.54) is 17.0 Å². The molecule has 2 aromatic heterocycles. The summed E-state index contributed by atoms with van der Waals surface area (Å²) in [6, 6.07) is 4.15. The Balaban J connectivity index is 2.36. The molecule has 2 heterocycles. The molecule has 20 heavy (non-hydrogen) atoms. The first-order chi connectivity index (χ1) is 9.80. The van der Waals surface area contributed by atoms with Gasteiger partial charge in [-0.1, -0.05) is 26.8 Å². The topological polar surface area (TPSA) is 37.8 Å². The van der Waals surface area contributed by atoms with Gasteiger partial charge in [-0.15, -0.1) is 11.3 Å². The zero-order valence-corrected chi connectivity index (χ0v) is 13.4. The molecular formula is C16H23N3S. The first-order valence-corrected chi connectivity index (χ1v) is 8.31. The highest BCUT2D eigenvalue weighted by atomic mass is 32.1. The van der Waals surface area contributed by atoms with Gasteiger partial charge in [-0.2, -0.15) is 0 Å². The Morgan fingerprint density at radius 3 is 2.30 bits per heavy atom. The van der Waals surface area contributed by atoms with Crippen LogP contribution in [0.3, 0.4) is 0 Å². The van der Waals surface area contributed by atoms with Crippen molar-refractivity contribution < 1.29 is 0 Å². The number of nitrogens with zero attached hydrogens (tertiary/aromatic N) is 2. The Hall–Kier alpha value is -1.26. The second-order valence-corrected chi connectivity index (χ2v) is 5.65. The fourth-order valence-electron chi connectivity index (χ4n) is 2.36. The van der Waals surface area contributed by atoms with E-state index < -0.39 is 0 Å². The molecule has 2 rings (SSSR count).